The van der Waals surface area contributed by atoms with E-state index in [0.717, 1.165) is 0 Å². The molecule has 1 aromatic carbocycles. The molecule has 12 heavy (non-hydrogen) atoms. The molecule has 0 amide bonds. The Morgan fingerprint density at radius 2 is 2.25 bits per heavy atom. The van der Waals surface area contributed by atoms with Gasteiger partial charge in [-0.15, -0.1) is 0 Å². The second kappa shape index (κ2) is 3.97. The minimum atomic E-state index is -0.490. The molecule has 0 aliphatic heterocycles. The summed E-state index contributed by atoms with van der Waals surface area (Å²) in [6.07, 6.45) is 0.0915. The molecule has 1 N–H and O–H groups in total. The maximum absolute atomic E-state index is 12.5. The Morgan fingerprint density at radius 1 is 1.50 bits per heavy atom. The second-order valence-corrected chi connectivity index (χ2v) is 2.50. The number of Topliss-reactive ketones (excluding diaryl/α,β-unsaturated/α-hetero) is 1. The summed E-state index contributed by atoms with van der Waals surface area (Å²) >= 11 is 0. The highest BCUT2D eigenvalue weighted by Crippen LogP contribution is 2.04. The molecule has 0 bridgehead atoms. The van der Waals surface area contributed by atoms with Gasteiger partial charge in [0.25, 0.3) is 0 Å². The van der Waals surface area contributed by atoms with Crippen molar-refractivity contribution < 1.29 is 14.3 Å². The molecule has 0 saturated carbocycles. The van der Waals surface area contributed by atoms with E-state index in [4.69, 9.17) is 5.11 Å². The van der Waals surface area contributed by atoms with Gasteiger partial charge in [0.1, 0.15) is 12.4 Å². The standard InChI is InChI=1S/C9H9FO2/c10-8-3-1-2-7(4-8)5-9(12)6-11/h1-4,11H,5-6H2. The molecular weight excluding hydrogens is 159 g/mol. The van der Waals surface area contributed by atoms with Crippen LogP contribution in [0, 0.1) is 5.82 Å². The highest BCUT2D eigenvalue weighted by molar-refractivity contribution is 5.81. The molecular formula is C9H9FO2. The first kappa shape index (κ1) is 8.87. The summed E-state index contributed by atoms with van der Waals surface area (Å²) in [7, 11) is 0. The van der Waals surface area contributed by atoms with E-state index in [9.17, 15) is 9.18 Å². The first-order valence-electron chi connectivity index (χ1n) is 3.59. The average molecular weight is 168 g/mol. The lowest BCUT2D eigenvalue weighted by molar-refractivity contribution is -0.121. The molecule has 0 saturated heterocycles. The van der Waals surface area contributed by atoms with Gasteiger partial charge in [0.2, 0.25) is 0 Å². The summed E-state index contributed by atoms with van der Waals surface area (Å²) in [5.41, 5.74) is 0.592. The van der Waals surface area contributed by atoms with E-state index < -0.39 is 6.61 Å². The van der Waals surface area contributed by atoms with Crippen LogP contribution in [0.4, 0.5) is 4.39 Å². The third-order valence-electron chi connectivity index (χ3n) is 1.47. The SMILES string of the molecule is O=C(CO)Cc1cccc(F)c1. The Kier molecular flexibility index (Phi) is 2.94. The third kappa shape index (κ3) is 2.43. The van der Waals surface area contributed by atoms with Gasteiger partial charge in [0, 0.05) is 6.42 Å². The zero-order valence-corrected chi connectivity index (χ0v) is 6.46. The molecule has 2 nitrogen and oxygen atoms in total. The molecule has 0 radical (unpaired) electrons. The highest BCUT2D eigenvalue weighted by Gasteiger charge is 2.01. The number of benzene rings is 1. The van der Waals surface area contributed by atoms with Crippen LogP contribution < -0.4 is 0 Å². The molecule has 3 heteroatoms. The van der Waals surface area contributed by atoms with E-state index in [-0.39, 0.29) is 18.0 Å². The van der Waals surface area contributed by atoms with Crippen LogP contribution in [0.2, 0.25) is 0 Å². The van der Waals surface area contributed by atoms with E-state index in [2.05, 4.69) is 0 Å². The number of aliphatic hydroxyl groups excluding tert-OH is 1. The number of ketones is 1. The molecule has 0 aromatic heterocycles. The van der Waals surface area contributed by atoms with Crippen LogP contribution in [0.1, 0.15) is 5.56 Å². The normalized spacial score (nSPS) is 9.83. The Labute approximate surface area is 69.6 Å². The van der Waals surface area contributed by atoms with Gasteiger partial charge in [-0.05, 0) is 17.7 Å². The van der Waals surface area contributed by atoms with Crippen LogP contribution in [-0.4, -0.2) is 17.5 Å². The highest BCUT2D eigenvalue weighted by atomic mass is 19.1. The summed E-state index contributed by atoms with van der Waals surface area (Å²) < 4.78 is 12.5. The van der Waals surface area contributed by atoms with Gasteiger partial charge < -0.3 is 5.11 Å². The van der Waals surface area contributed by atoms with Gasteiger partial charge in [-0.2, -0.15) is 0 Å². The molecule has 0 fully saturated rings. The van der Waals surface area contributed by atoms with E-state index in [1.54, 1.807) is 6.07 Å². The fourth-order valence-corrected chi connectivity index (χ4v) is 0.930. The average Bonchev–Trinajstić information content (AvgIpc) is 2.04. The molecule has 0 aliphatic carbocycles. The summed E-state index contributed by atoms with van der Waals surface area (Å²) in [5, 5.41) is 8.42. The monoisotopic (exact) mass is 168 g/mol. The van der Waals surface area contributed by atoms with Crippen LogP contribution in [0.3, 0.4) is 0 Å². The number of aliphatic hydroxyl groups is 1. The van der Waals surface area contributed by atoms with Crippen LogP contribution >= 0.6 is 0 Å². The summed E-state index contributed by atoms with van der Waals surface area (Å²) in [4.78, 5) is 10.7. The van der Waals surface area contributed by atoms with Gasteiger partial charge in [0.05, 0.1) is 0 Å². The van der Waals surface area contributed by atoms with Crippen molar-refractivity contribution in [1.29, 1.82) is 0 Å². The first-order chi connectivity index (χ1) is 5.72. The van der Waals surface area contributed by atoms with Crippen LogP contribution in [-0.2, 0) is 11.2 Å². The number of carbonyl (C=O) groups excluding carboxylic acids is 1. The fraction of sp³-hybridized carbons (Fsp3) is 0.222. The van der Waals surface area contributed by atoms with Gasteiger partial charge in [-0.1, -0.05) is 12.1 Å². The van der Waals surface area contributed by atoms with E-state index in [1.807, 2.05) is 0 Å². The fourth-order valence-electron chi connectivity index (χ4n) is 0.930. The Hall–Kier alpha value is -1.22. The summed E-state index contributed by atoms with van der Waals surface area (Å²) in [5.74, 6) is -0.668. The van der Waals surface area contributed by atoms with Crippen molar-refractivity contribution in [2.45, 2.75) is 6.42 Å². The lowest BCUT2D eigenvalue weighted by Crippen LogP contribution is -2.07. The van der Waals surface area contributed by atoms with Crippen LogP contribution in [0.5, 0.6) is 0 Å². The molecule has 1 rings (SSSR count). The Morgan fingerprint density at radius 3 is 2.83 bits per heavy atom. The van der Waals surface area contributed by atoms with Gasteiger partial charge in [-0.25, -0.2) is 4.39 Å². The van der Waals surface area contributed by atoms with Crippen molar-refractivity contribution in [3.8, 4) is 0 Å². The molecule has 0 spiro atoms. The molecule has 0 aliphatic rings. The van der Waals surface area contributed by atoms with Crippen molar-refractivity contribution in [2.24, 2.45) is 0 Å². The van der Waals surface area contributed by atoms with E-state index in [1.165, 1.54) is 18.2 Å². The summed E-state index contributed by atoms with van der Waals surface area (Å²) in [6.45, 7) is -0.490. The van der Waals surface area contributed by atoms with Crippen LogP contribution in [0.25, 0.3) is 0 Å². The molecule has 64 valence electrons. The second-order valence-electron chi connectivity index (χ2n) is 2.50. The molecule has 0 unspecified atom stereocenters. The predicted molar refractivity (Wildman–Crippen MR) is 42.2 cm³/mol. The Balaban J connectivity index is 2.69. The van der Waals surface area contributed by atoms with Crippen LogP contribution in [0.15, 0.2) is 24.3 Å². The van der Waals surface area contributed by atoms with E-state index >= 15 is 0 Å². The Bertz CT molecular complexity index is 284. The smallest absolute Gasteiger partial charge is 0.162 e. The number of hydrogen-bond donors (Lipinski definition) is 1. The largest absolute Gasteiger partial charge is 0.389 e. The summed E-state index contributed by atoms with van der Waals surface area (Å²) in [6, 6.07) is 5.78. The maximum Gasteiger partial charge on any atom is 0.162 e. The lowest BCUT2D eigenvalue weighted by Gasteiger charge is -1.97. The minimum absolute atomic E-state index is 0.0915. The van der Waals surface area contributed by atoms with Gasteiger partial charge in [0.15, 0.2) is 5.78 Å². The quantitative estimate of drug-likeness (QED) is 0.729. The van der Waals surface area contributed by atoms with Crippen molar-refractivity contribution in [1.82, 2.24) is 0 Å². The van der Waals surface area contributed by atoms with Crippen molar-refractivity contribution >= 4 is 5.78 Å². The van der Waals surface area contributed by atoms with Gasteiger partial charge in [-0.3, -0.25) is 4.79 Å². The van der Waals surface area contributed by atoms with Crippen molar-refractivity contribution in [3.63, 3.8) is 0 Å². The number of rotatable bonds is 3. The zero-order valence-electron chi connectivity index (χ0n) is 6.46. The molecule has 0 heterocycles. The van der Waals surface area contributed by atoms with E-state index in [0.29, 0.717) is 5.56 Å². The lowest BCUT2D eigenvalue weighted by atomic mass is 10.1. The topological polar surface area (TPSA) is 37.3 Å². The zero-order chi connectivity index (χ0) is 8.97. The third-order valence-corrected chi connectivity index (χ3v) is 1.47. The molecule has 0 atom stereocenters. The van der Waals surface area contributed by atoms with Crippen molar-refractivity contribution in [3.05, 3.63) is 35.6 Å². The first-order valence-corrected chi connectivity index (χ1v) is 3.59. The number of halogens is 1. The minimum Gasteiger partial charge on any atom is -0.389 e. The van der Waals surface area contributed by atoms with Crippen molar-refractivity contribution in [2.75, 3.05) is 6.61 Å². The predicted octanol–water partition coefficient (Wildman–Crippen LogP) is 0.930. The maximum atomic E-state index is 12.5. The molecule has 1 aromatic rings. The van der Waals surface area contributed by atoms with Gasteiger partial charge >= 0.3 is 0 Å². The number of carbonyl (C=O) groups is 1. The number of hydrogen-bond acceptors (Lipinski definition) is 2.